The first-order valence-electron chi connectivity index (χ1n) is 21.1. The second-order valence-electron chi connectivity index (χ2n) is 16.5. The lowest BCUT2D eigenvalue weighted by Gasteiger charge is -2.30. The molecule has 1 aliphatic rings. The van der Waals surface area contributed by atoms with Gasteiger partial charge in [0.15, 0.2) is 0 Å². The van der Waals surface area contributed by atoms with Crippen molar-refractivity contribution in [2.45, 2.75) is 13.3 Å². The third-order valence-corrected chi connectivity index (χ3v) is 15.2. The van der Waals surface area contributed by atoms with Crippen LogP contribution in [0.2, 0.25) is 0 Å². The number of hydrogen-bond donors (Lipinski definition) is 0. The van der Waals surface area contributed by atoms with E-state index < -0.39 is 0 Å². The molecule has 0 saturated heterocycles. The van der Waals surface area contributed by atoms with E-state index in [-0.39, 0.29) is 0 Å². The molecule has 1 aliphatic carbocycles. The molecule has 13 rings (SSSR count). The minimum atomic E-state index is 0.560. The van der Waals surface area contributed by atoms with Crippen molar-refractivity contribution in [3.8, 4) is 0 Å². The zero-order valence-corrected chi connectivity index (χ0v) is 35.1. The van der Waals surface area contributed by atoms with Gasteiger partial charge >= 0.3 is 0 Å². The van der Waals surface area contributed by atoms with E-state index in [0.29, 0.717) is 5.92 Å². The highest BCUT2D eigenvalue weighted by Gasteiger charge is 2.25. The summed E-state index contributed by atoms with van der Waals surface area (Å²) in [6, 6.07) is 67.8. The molecule has 1 atom stereocenters. The average Bonchev–Trinajstić information content (AvgIpc) is 3.87. The number of anilines is 6. The molecule has 2 nitrogen and oxygen atoms in total. The molecule has 2 heterocycles. The summed E-state index contributed by atoms with van der Waals surface area (Å²) in [5, 5.41) is 14.2. The average molecular weight is 815 g/mol. The summed E-state index contributed by atoms with van der Waals surface area (Å²) >= 11 is 3.79. The number of fused-ring (bicyclic) bond motifs is 9. The maximum Gasteiger partial charge on any atom is 0.0540 e. The number of para-hydroxylation sites is 2. The normalized spacial score (nSPS) is 14.0. The highest BCUT2D eigenvalue weighted by molar-refractivity contribution is 7.25. The van der Waals surface area contributed by atoms with Crippen molar-refractivity contribution >= 4 is 136 Å². The van der Waals surface area contributed by atoms with Crippen LogP contribution in [0.1, 0.15) is 17.4 Å². The van der Waals surface area contributed by atoms with Gasteiger partial charge in [0.05, 0.1) is 11.4 Å². The molecule has 0 bridgehead atoms. The Morgan fingerprint density at radius 1 is 0.393 bits per heavy atom. The topological polar surface area (TPSA) is 6.48 Å². The molecular weight excluding hydrogens is 777 g/mol. The van der Waals surface area contributed by atoms with Gasteiger partial charge in [-0.15, -0.1) is 22.7 Å². The van der Waals surface area contributed by atoms with Gasteiger partial charge in [-0.25, -0.2) is 0 Å². The second kappa shape index (κ2) is 13.5. The molecular formula is C57H38N2S2. The van der Waals surface area contributed by atoms with Gasteiger partial charge in [-0.2, -0.15) is 0 Å². The first-order valence-corrected chi connectivity index (χ1v) is 22.8. The van der Waals surface area contributed by atoms with Gasteiger partial charge in [-0.05, 0) is 118 Å². The largest absolute Gasteiger partial charge is 0.310 e. The van der Waals surface area contributed by atoms with E-state index in [1.807, 2.05) is 22.7 Å². The van der Waals surface area contributed by atoms with Crippen molar-refractivity contribution in [2.75, 3.05) is 9.80 Å². The Bertz CT molecular complexity index is 3710. The Balaban J connectivity index is 1.07. The van der Waals surface area contributed by atoms with Crippen LogP contribution in [-0.4, -0.2) is 0 Å². The summed E-state index contributed by atoms with van der Waals surface area (Å²) in [7, 11) is 0. The number of benzene rings is 10. The fourth-order valence-corrected chi connectivity index (χ4v) is 12.5. The monoisotopic (exact) mass is 814 g/mol. The van der Waals surface area contributed by atoms with Crippen LogP contribution < -0.4 is 9.80 Å². The van der Waals surface area contributed by atoms with Crippen LogP contribution in [0.15, 0.2) is 188 Å². The van der Waals surface area contributed by atoms with Gasteiger partial charge in [-0.1, -0.05) is 128 Å². The lowest BCUT2D eigenvalue weighted by Crippen LogP contribution is -2.11. The van der Waals surface area contributed by atoms with Crippen molar-refractivity contribution in [1.29, 1.82) is 0 Å². The SMILES string of the molecule is CC1C=Cc2sc3cc(N(c4ccccc4)c4ccc5c6ccccc6c6ccc(N(c7ccccc7)c7ccc8c(c7)sc7ccccc78)c7ccc4c5c76)ccc3c2C1. The molecule has 0 aliphatic heterocycles. The quantitative estimate of drug-likeness (QED) is 0.122. The van der Waals surface area contributed by atoms with E-state index in [0.717, 1.165) is 23.5 Å². The molecule has 0 amide bonds. The summed E-state index contributed by atoms with van der Waals surface area (Å²) in [5.41, 5.74) is 8.42. The highest BCUT2D eigenvalue weighted by Crippen LogP contribution is 2.51. The Kier molecular flexibility index (Phi) is 7.72. The molecule has 0 spiro atoms. The Labute approximate surface area is 361 Å². The van der Waals surface area contributed by atoms with Crippen LogP contribution in [0.3, 0.4) is 0 Å². The number of nitrogens with zero attached hydrogens (tertiary/aromatic N) is 2. The minimum absolute atomic E-state index is 0.560. The molecule has 0 N–H and O–H groups in total. The van der Waals surface area contributed by atoms with Gasteiger partial charge in [-0.3, -0.25) is 0 Å². The molecule has 0 fully saturated rings. The molecule has 1 unspecified atom stereocenters. The van der Waals surface area contributed by atoms with Crippen molar-refractivity contribution in [2.24, 2.45) is 5.92 Å². The summed E-state index contributed by atoms with van der Waals surface area (Å²) in [4.78, 5) is 6.33. The van der Waals surface area contributed by atoms with Crippen molar-refractivity contribution in [3.63, 3.8) is 0 Å². The number of hydrogen-bond acceptors (Lipinski definition) is 4. The number of thiophene rings is 2. The highest BCUT2D eigenvalue weighted by atomic mass is 32.1. The van der Waals surface area contributed by atoms with E-state index in [2.05, 4.69) is 211 Å². The number of rotatable bonds is 6. The molecule has 2 aromatic heterocycles. The van der Waals surface area contributed by atoms with Gasteiger partial charge < -0.3 is 9.80 Å². The van der Waals surface area contributed by atoms with E-state index in [1.165, 1.54) is 101 Å². The second-order valence-corrected chi connectivity index (χ2v) is 18.7. The molecule has 61 heavy (non-hydrogen) atoms. The van der Waals surface area contributed by atoms with E-state index in [4.69, 9.17) is 0 Å². The Morgan fingerprint density at radius 3 is 1.48 bits per heavy atom. The van der Waals surface area contributed by atoms with E-state index in [9.17, 15) is 0 Å². The zero-order valence-electron chi connectivity index (χ0n) is 33.5. The van der Waals surface area contributed by atoms with Gasteiger partial charge in [0.2, 0.25) is 0 Å². The molecule has 12 aromatic rings. The van der Waals surface area contributed by atoms with Crippen molar-refractivity contribution in [3.05, 3.63) is 199 Å². The summed E-state index contributed by atoms with van der Waals surface area (Å²) in [5.74, 6) is 0.560. The van der Waals surface area contributed by atoms with Gasteiger partial charge in [0.1, 0.15) is 0 Å². The fourth-order valence-electron chi connectivity index (χ4n) is 10.2. The van der Waals surface area contributed by atoms with Crippen LogP contribution in [0, 0.1) is 5.92 Å². The van der Waals surface area contributed by atoms with E-state index in [1.54, 1.807) is 0 Å². The minimum Gasteiger partial charge on any atom is -0.310 e. The maximum absolute atomic E-state index is 2.47. The van der Waals surface area contributed by atoms with Crippen LogP contribution >= 0.6 is 22.7 Å². The molecule has 0 radical (unpaired) electrons. The smallest absolute Gasteiger partial charge is 0.0540 e. The predicted molar refractivity (Wildman–Crippen MR) is 267 cm³/mol. The standard InChI is InChI=1S/C57H38N2S2/c1-35-20-31-53-49(32-35)44-24-22-39(34-55(44)61-53)59(37-14-6-3-7-15-37)51-30-28-46-41-17-9-8-16-40(41)45-27-29-50(47-25-26-48(51)57(46)56(45)47)58(36-12-4-2-5-13-36)38-21-23-43-42-18-10-11-19-52(42)60-54(43)33-38/h2-31,33-35H,32H2,1H3. The predicted octanol–water partition coefficient (Wildman–Crippen LogP) is 17.5. The first-order chi connectivity index (χ1) is 30.2. The van der Waals surface area contributed by atoms with Crippen LogP contribution in [0.25, 0.3) is 79.4 Å². The lowest BCUT2D eigenvalue weighted by atomic mass is 9.87. The van der Waals surface area contributed by atoms with E-state index >= 15 is 0 Å². The Hall–Kier alpha value is -6.98. The summed E-state index contributed by atoms with van der Waals surface area (Å²) < 4.78 is 3.95. The van der Waals surface area contributed by atoms with Crippen LogP contribution in [-0.2, 0) is 6.42 Å². The summed E-state index contributed by atoms with van der Waals surface area (Å²) in [6.07, 6.45) is 5.79. The third-order valence-electron chi connectivity index (χ3n) is 12.9. The van der Waals surface area contributed by atoms with Crippen molar-refractivity contribution < 1.29 is 0 Å². The van der Waals surface area contributed by atoms with Gasteiger partial charge in [0, 0.05) is 74.0 Å². The lowest BCUT2D eigenvalue weighted by molar-refractivity contribution is 0.724. The molecule has 4 heteroatoms. The first kappa shape index (κ1) is 34.8. The van der Waals surface area contributed by atoms with Crippen LogP contribution in [0.5, 0.6) is 0 Å². The molecule has 0 saturated carbocycles. The third kappa shape index (κ3) is 5.32. The molecule has 288 valence electrons. The molecule has 10 aromatic carbocycles. The Morgan fingerprint density at radius 2 is 0.869 bits per heavy atom. The van der Waals surface area contributed by atoms with Gasteiger partial charge in [0.25, 0.3) is 0 Å². The summed E-state index contributed by atoms with van der Waals surface area (Å²) in [6.45, 7) is 2.32. The zero-order chi connectivity index (χ0) is 40.2. The van der Waals surface area contributed by atoms with Crippen LogP contribution in [0.4, 0.5) is 34.1 Å². The maximum atomic E-state index is 2.47. The van der Waals surface area contributed by atoms with Crippen molar-refractivity contribution in [1.82, 2.24) is 0 Å². The fraction of sp³-hybridized carbons (Fsp3) is 0.0526. The number of allylic oxidation sites excluding steroid dienone is 1.